The van der Waals surface area contributed by atoms with Crippen LogP contribution in [0.2, 0.25) is 0 Å². The molecule has 2 aromatic carbocycles. The molecule has 0 aromatic heterocycles. The lowest BCUT2D eigenvalue weighted by Gasteiger charge is -2.14. The number of hydrogen-bond donors (Lipinski definition) is 1. The predicted molar refractivity (Wildman–Crippen MR) is 100 cm³/mol. The van der Waals surface area contributed by atoms with E-state index in [2.05, 4.69) is 5.32 Å². The van der Waals surface area contributed by atoms with E-state index in [1.165, 1.54) is 0 Å². The first-order chi connectivity index (χ1) is 13.5. The van der Waals surface area contributed by atoms with Crippen molar-refractivity contribution >= 4 is 29.4 Å². The lowest BCUT2D eigenvalue weighted by molar-refractivity contribution is -0.143. The maximum atomic E-state index is 12.1. The van der Waals surface area contributed by atoms with Gasteiger partial charge in [-0.2, -0.15) is 0 Å². The molecule has 0 unspecified atom stereocenters. The highest BCUT2D eigenvalue weighted by molar-refractivity contribution is 6.45. The molecule has 0 aliphatic carbocycles. The molecule has 28 heavy (non-hydrogen) atoms. The van der Waals surface area contributed by atoms with Crippen molar-refractivity contribution in [3.05, 3.63) is 60.2 Å². The van der Waals surface area contributed by atoms with E-state index in [-0.39, 0.29) is 6.54 Å². The summed E-state index contributed by atoms with van der Waals surface area (Å²) in [6.07, 6.45) is 0. The van der Waals surface area contributed by atoms with Gasteiger partial charge in [0.15, 0.2) is 0 Å². The molecule has 1 fully saturated rings. The molecule has 0 spiro atoms. The molecule has 2 aromatic rings. The van der Waals surface area contributed by atoms with Gasteiger partial charge in [0, 0.05) is 12.2 Å². The topological polar surface area (TPSA) is 96.0 Å². The van der Waals surface area contributed by atoms with E-state index in [0.29, 0.717) is 22.9 Å². The summed E-state index contributed by atoms with van der Waals surface area (Å²) >= 11 is 0. The van der Waals surface area contributed by atoms with Gasteiger partial charge in [-0.25, -0.2) is 9.69 Å². The summed E-state index contributed by atoms with van der Waals surface area (Å²) in [5.41, 5.74) is 1.52. The Labute approximate surface area is 161 Å². The molecule has 1 heterocycles. The van der Waals surface area contributed by atoms with E-state index >= 15 is 0 Å². The number of urea groups is 1. The third-order valence-electron chi connectivity index (χ3n) is 4.14. The standard InChI is InChI=1S/C20H19N3O5/c1-2-22-18(25)19(26)23(20(22)27)12-17(24)21-15-8-10-16(11-9-15)28-13-14-6-4-3-5-7-14/h3-11H,2,12-13H2,1H3,(H,21,24). The van der Waals surface area contributed by atoms with Crippen LogP contribution in [0.25, 0.3) is 0 Å². The largest absolute Gasteiger partial charge is 0.489 e. The first-order valence-electron chi connectivity index (χ1n) is 8.73. The van der Waals surface area contributed by atoms with Gasteiger partial charge in [0.05, 0.1) is 0 Å². The minimum absolute atomic E-state index is 0.0754. The van der Waals surface area contributed by atoms with Gasteiger partial charge in [-0.05, 0) is 36.8 Å². The van der Waals surface area contributed by atoms with Crippen LogP contribution in [0.3, 0.4) is 0 Å². The van der Waals surface area contributed by atoms with Crippen molar-refractivity contribution in [2.75, 3.05) is 18.4 Å². The zero-order valence-electron chi connectivity index (χ0n) is 15.3. The average Bonchev–Trinajstić information content (AvgIpc) is 2.91. The van der Waals surface area contributed by atoms with Gasteiger partial charge in [0.1, 0.15) is 18.9 Å². The fourth-order valence-electron chi connectivity index (χ4n) is 2.69. The monoisotopic (exact) mass is 381 g/mol. The van der Waals surface area contributed by atoms with Gasteiger partial charge in [-0.3, -0.25) is 19.3 Å². The zero-order chi connectivity index (χ0) is 20.1. The third kappa shape index (κ3) is 4.17. The van der Waals surface area contributed by atoms with Crippen molar-refractivity contribution in [1.82, 2.24) is 9.80 Å². The van der Waals surface area contributed by atoms with Crippen molar-refractivity contribution in [2.24, 2.45) is 0 Å². The second-order valence-electron chi connectivity index (χ2n) is 6.07. The number of likely N-dealkylation sites (N-methyl/N-ethyl adjacent to an activating group) is 1. The van der Waals surface area contributed by atoms with Crippen LogP contribution < -0.4 is 10.1 Å². The molecule has 0 saturated carbocycles. The number of anilines is 1. The van der Waals surface area contributed by atoms with Gasteiger partial charge >= 0.3 is 17.8 Å². The van der Waals surface area contributed by atoms with Crippen LogP contribution in [0.15, 0.2) is 54.6 Å². The van der Waals surface area contributed by atoms with E-state index in [4.69, 9.17) is 4.74 Å². The van der Waals surface area contributed by atoms with Crippen LogP contribution in [0.1, 0.15) is 12.5 Å². The number of hydrogen-bond acceptors (Lipinski definition) is 5. The summed E-state index contributed by atoms with van der Waals surface area (Å²) in [4.78, 5) is 49.1. The van der Waals surface area contributed by atoms with E-state index in [1.807, 2.05) is 30.3 Å². The number of carbonyl (C=O) groups is 4. The number of amides is 5. The lowest BCUT2D eigenvalue weighted by atomic mass is 10.2. The van der Waals surface area contributed by atoms with Crippen molar-refractivity contribution in [1.29, 1.82) is 0 Å². The van der Waals surface area contributed by atoms with Gasteiger partial charge in [-0.1, -0.05) is 30.3 Å². The van der Waals surface area contributed by atoms with Crippen molar-refractivity contribution in [3.8, 4) is 5.75 Å². The molecule has 5 amide bonds. The van der Waals surface area contributed by atoms with Crippen LogP contribution in [0, 0.1) is 0 Å². The fraction of sp³-hybridized carbons (Fsp3) is 0.200. The van der Waals surface area contributed by atoms with Crippen molar-refractivity contribution < 1.29 is 23.9 Å². The zero-order valence-corrected chi connectivity index (χ0v) is 15.3. The number of ether oxygens (including phenoxy) is 1. The Balaban J connectivity index is 1.54. The Morgan fingerprint density at radius 3 is 2.18 bits per heavy atom. The molecule has 1 saturated heterocycles. The highest BCUT2D eigenvalue weighted by atomic mass is 16.5. The van der Waals surface area contributed by atoms with Gasteiger partial charge < -0.3 is 10.1 Å². The molecule has 0 radical (unpaired) electrons. The SMILES string of the molecule is CCN1C(=O)C(=O)N(CC(=O)Nc2ccc(OCc3ccccc3)cc2)C1=O. The lowest BCUT2D eigenvalue weighted by Crippen LogP contribution is -2.38. The Hall–Kier alpha value is -3.68. The quantitative estimate of drug-likeness (QED) is 0.585. The molecular formula is C20H19N3O5. The Bertz CT molecular complexity index is 896. The minimum Gasteiger partial charge on any atom is -0.489 e. The molecule has 144 valence electrons. The van der Waals surface area contributed by atoms with Crippen LogP contribution in [0.5, 0.6) is 5.75 Å². The highest BCUT2D eigenvalue weighted by Crippen LogP contribution is 2.18. The molecule has 8 heteroatoms. The summed E-state index contributed by atoms with van der Waals surface area (Å²) < 4.78 is 5.67. The molecular weight excluding hydrogens is 362 g/mol. The van der Waals surface area contributed by atoms with Crippen LogP contribution in [0.4, 0.5) is 10.5 Å². The van der Waals surface area contributed by atoms with Gasteiger partial charge in [0.2, 0.25) is 5.91 Å². The van der Waals surface area contributed by atoms with E-state index in [0.717, 1.165) is 10.5 Å². The molecule has 3 rings (SSSR count). The molecule has 1 aliphatic rings. The molecule has 8 nitrogen and oxygen atoms in total. The van der Waals surface area contributed by atoms with Crippen LogP contribution >= 0.6 is 0 Å². The Morgan fingerprint density at radius 1 is 0.929 bits per heavy atom. The first-order valence-corrected chi connectivity index (χ1v) is 8.73. The van der Waals surface area contributed by atoms with E-state index < -0.39 is 30.3 Å². The second-order valence-corrected chi connectivity index (χ2v) is 6.07. The number of imide groups is 2. The van der Waals surface area contributed by atoms with Crippen molar-refractivity contribution in [3.63, 3.8) is 0 Å². The van der Waals surface area contributed by atoms with E-state index in [1.54, 1.807) is 31.2 Å². The Kier molecular flexibility index (Phi) is 5.69. The third-order valence-corrected chi connectivity index (χ3v) is 4.14. The van der Waals surface area contributed by atoms with Gasteiger partial charge in [-0.15, -0.1) is 0 Å². The summed E-state index contributed by atoms with van der Waals surface area (Å²) in [6, 6.07) is 15.6. The number of nitrogens with zero attached hydrogens (tertiary/aromatic N) is 2. The molecule has 1 aliphatic heterocycles. The number of benzene rings is 2. The minimum atomic E-state index is -0.994. The first kappa shape index (κ1) is 19.1. The maximum Gasteiger partial charge on any atom is 0.334 e. The smallest absolute Gasteiger partial charge is 0.334 e. The number of carbonyl (C=O) groups excluding carboxylic acids is 4. The molecule has 0 atom stereocenters. The Morgan fingerprint density at radius 2 is 1.57 bits per heavy atom. The number of rotatable bonds is 7. The van der Waals surface area contributed by atoms with E-state index in [9.17, 15) is 19.2 Å². The average molecular weight is 381 g/mol. The highest BCUT2D eigenvalue weighted by Gasteiger charge is 2.44. The molecule has 0 bridgehead atoms. The number of nitrogens with one attached hydrogen (secondary N) is 1. The summed E-state index contributed by atoms with van der Waals surface area (Å²) in [7, 11) is 0. The van der Waals surface area contributed by atoms with Crippen LogP contribution in [-0.4, -0.2) is 46.6 Å². The van der Waals surface area contributed by atoms with Crippen LogP contribution in [-0.2, 0) is 21.0 Å². The van der Waals surface area contributed by atoms with Crippen molar-refractivity contribution in [2.45, 2.75) is 13.5 Å². The summed E-state index contributed by atoms with van der Waals surface area (Å²) in [6.45, 7) is 1.56. The maximum absolute atomic E-state index is 12.1. The fourth-order valence-corrected chi connectivity index (χ4v) is 2.69. The van der Waals surface area contributed by atoms with Gasteiger partial charge in [0.25, 0.3) is 0 Å². The summed E-state index contributed by atoms with van der Waals surface area (Å²) in [5.74, 6) is -1.85. The molecule has 1 N–H and O–H groups in total. The summed E-state index contributed by atoms with van der Waals surface area (Å²) in [5, 5.41) is 2.59. The predicted octanol–water partition coefficient (Wildman–Crippen LogP) is 2.01. The second kappa shape index (κ2) is 8.34. The normalized spacial score (nSPS) is 13.8.